The van der Waals surface area contributed by atoms with Crippen LogP contribution in [0.25, 0.3) is 0 Å². The normalized spacial score (nSPS) is 10.6. The van der Waals surface area contributed by atoms with Gasteiger partial charge in [-0.25, -0.2) is 14.4 Å². The molecule has 14 rings (SSSR count). The third-order valence-corrected chi connectivity index (χ3v) is 19.6. The number of hydrogen-bond acceptors (Lipinski definition) is 24. The summed E-state index contributed by atoms with van der Waals surface area (Å²) in [5.74, 6) is -2.00. The van der Waals surface area contributed by atoms with Gasteiger partial charge in [0.15, 0.2) is 25.6 Å². The fourth-order valence-electron chi connectivity index (χ4n) is 11.3. The predicted molar refractivity (Wildman–Crippen MR) is 483 cm³/mol. The van der Waals surface area contributed by atoms with Gasteiger partial charge >= 0.3 is 45.7 Å². The van der Waals surface area contributed by atoms with Crippen LogP contribution < -0.4 is 56.2 Å². The fourth-order valence-corrected chi connectivity index (χ4v) is 12.5. The van der Waals surface area contributed by atoms with Crippen LogP contribution in [-0.2, 0) is 69.4 Å². The first-order valence-corrected chi connectivity index (χ1v) is 41.6. The number of aliphatic carboxylic acids is 1. The molecule has 0 aliphatic rings. The Balaban J connectivity index is 0.000000175. The Morgan fingerprint density at radius 1 is 0.346 bits per heavy atom. The van der Waals surface area contributed by atoms with Crippen LogP contribution in [0.3, 0.4) is 0 Å². The lowest BCUT2D eigenvalue weighted by molar-refractivity contribution is -0.146. The average Bonchev–Trinajstić information content (AvgIpc) is 0.815. The van der Waals surface area contributed by atoms with Gasteiger partial charge in [0.1, 0.15) is 23.1 Å². The van der Waals surface area contributed by atoms with Crippen molar-refractivity contribution in [3.8, 4) is 52.0 Å². The zero-order valence-electron chi connectivity index (χ0n) is 68.6. The van der Waals surface area contributed by atoms with Crippen molar-refractivity contribution < 1.29 is 71.3 Å². The number of ether oxygens (including phenoxy) is 8. The van der Waals surface area contributed by atoms with E-state index < -0.39 is 76.6 Å². The fraction of sp³-hybridized carbons (Fsp3) is 0.167. The number of carboxylic acid groups (broad SMARTS) is 1. The van der Waals surface area contributed by atoms with Gasteiger partial charge in [-0.1, -0.05) is 155 Å². The van der Waals surface area contributed by atoms with Gasteiger partial charge < -0.3 is 70.9 Å². The van der Waals surface area contributed by atoms with Crippen LogP contribution >= 0.6 is 92.8 Å². The zero-order valence-corrected chi connectivity index (χ0v) is 74.6. The topological polar surface area (TPSA) is 366 Å². The quantitative estimate of drug-likeness (QED) is 0.0240. The molecule has 0 bridgehead atoms. The van der Waals surface area contributed by atoms with Crippen LogP contribution in [0.15, 0.2) is 261 Å². The lowest BCUT2D eigenvalue weighted by atomic mass is 10.1. The van der Waals surface area contributed by atoms with Gasteiger partial charge in [-0.3, -0.25) is 24.0 Å². The molecule has 30 nitrogen and oxygen atoms in total. The van der Waals surface area contributed by atoms with E-state index in [9.17, 15) is 52.2 Å². The first-order chi connectivity index (χ1) is 62.4. The van der Waals surface area contributed by atoms with E-state index in [0.717, 1.165) is 38.9 Å². The molecule has 0 radical (unpaired) electrons. The van der Waals surface area contributed by atoms with Crippen molar-refractivity contribution in [1.82, 2.24) is 57.7 Å². The highest BCUT2D eigenvalue weighted by atomic mass is 35.5. The second-order valence-electron chi connectivity index (χ2n) is 27.0. The van der Waals surface area contributed by atoms with E-state index in [0.29, 0.717) is 93.8 Å². The largest absolute Gasteiger partial charge is 0.502 e. The maximum Gasteiger partial charge on any atom is 0.344 e. The van der Waals surface area contributed by atoms with E-state index in [4.69, 9.17) is 136 Å². The molecule has 0 unspecified atom stereocenters. The lowest BCUT2D eigenvalue weighted by Crippen LogP contribution is -2.23. The third kappa shape index (κ3) is 31.7. The van der Waals surface area contributed by atoms with Gasteiger partial charge in [0.25, 0.3) is 0 Å². The number of carboxylic acids is 1. The Kier molecular flexibility index (Phi) is 37.3. The average molecular weight is 1930 g/mol. The van der Waals surface area contributed by atoms with Crippen molar-refractivity contribution >= 4 is 111 Å². The number of hydrogen-bond donors (Lipinski definition) is 2. The number of carbonyl (C=O) groups excluding carboxylic acids is 2. The molecular formula is C90H74Cl8F2N12O18. The molecule has 0 atom stereocenters. The van der Waals surface area contributed by atoms with Crippen molar-refractivity contribution in [3.63, 3.8) is 0 Å². The molecule has 40 heteroatoms. The van der Waals surface area contributed by atoms with E-state index >= 15 is 0 Å². The SMILES string of the molecule is CCOC(=O)COc1cn(Cc2ccc(Cl)cc2)c(Cc2ccc(Oc3cccc(F)n3)cc2)nc1=O.CCOC(=O)COc1cn(Cc2ccc(Cl)cc2)c(Cl)nc1=O.COc1cn(Cc2ccc(Cl)cc2)c(Cl)nc1=O.O=C(O)COc1cn(Cc2ccc(Cl)cc2)c(Cc2ccc(Oc3cccc(F)n3)cc2)nc1=O.O=c1nc(Cl)n(Cc2ccc(Cl)cc2)cc1O. The predicted octanol–water partition coefficient (Wildman–Crippen LogP) is 16.6. The minimum atomic E-state index is -1.20. The minimum Gasteiger partial charge on any atom is -0.502 e. The molecule has 0 fully saturated rings. The summed E-state index contributed by atoms with van der Waals surface area (Å²) < 4.78 is 76.0. The molecule has 7 aromatic heterocycles. The highest BCUT2D eigenvalue weighted by Crippen LogP contribution is 2.27. The summed E-state index contributed by atoms with van der Waals surface area (Å²) in [6.07, 6.45) is 7.82. The summed E-state index contributed by atoms with van der Waals surface area (Å²) in [6, 6.07) is 58.8. The number of pyridine rings is 2. The van der Waals surface area contributed by atoms with Crippen molar-refractivity contribution in [3.05, 3.63) is 392 Å². The van der Waals surface area contributed by atoms with Gasteiger partial charge in [-0.2, -0.15) is 43.7 Å². The summed E-state index contributed by atoms with van der Waals surface area (Å²) in [5, 5.41) is 21.4. The second kappa shape index (κ2) is 49.1. The van der Waals surface area contributed by atoms with Gasteiger partial charge in [-0.05, 0) is 185 Å². The molecular weight excluding hydrogens is 1860 g/mol. The molecule has 0 amide bonds. The molecule has 0 saturated heterocycles. The van der Waals surface area contributed by atoms with Gasteiger partial charge in [0.2, 0.25) is 62.5 Å². The van der Waals surface area contributed by atoms with Gasteiger partial charge in [-0.15, -0.1) is 0 Å². The molecule has 130 heavy (non-hydrogen) atoms. The number of esters is 2. The first-order valence-electron chi connectivity index (χ1n) is 38.6. The number of benzene rings is 7. The molecule has 0 spiro atoms. The summed E-state index contributed by atoms with van der Waals surface area (Å²) in [5.41, 5.74) is 3.25. The van der Waals surface area contributed by atoms with Crippen molar-refractivity contribution in [2.75, 3.05) is 40.1 Å². The highest BCUT2D eigenvalue weighted by molar-refractivity contribution is 6.32. The number of methoxy groups -OCH3 is 1. The Hall–Kier alpha value is -13.6. The molecule has 0 aliphatic heterocycles. The van der Waals surface area contributed by atoms with Crippen molar-refractivity contribution in [1.29, 1.82) is 0 Å². The highest BCUT2D eigenvalue weighted by Gasteiger charge is 2.19. The number of nitrogens with zero attached hydrogens (tertiary/aromatic N) is 12. The Labute approximate surface area is 778 Å². The van der Waals surface area contributed by atoms with Crippen molar-refractivity contribution in [2.45, 2.75) is 59.4 Å². The Morgan fingerprint density at radius 2 is 0.631 bits per heavy atom. The zero-order chi connectivity index (χ0) is 93.3. The summed E-state index contributed by atoms with van der Waals surface area (Å²) in [7, 11) is 1.42. The minimum absolute atomic E-state index is 0.0217. The van der Waals surface area contributed by atoms with Crippen LogP contribution in [0.1, 0.15) is 64.4 Å². The smallest absolute Gasteiger partial charge is 0.344 e. The Morgan fingerprint density at radius 3 is 0.954 bits per heavy atom. The number of aromatic hydroxyl groups is 1. The van der Waals surface area contributed by atoms with E-state index in [1.54, 1.807) is 137 Å². The van der Waals surface area contributed by atoms with Crippen LogP contribution in [0.4, 0.5) is 8.78 Å². The molecule has 7 heterocycles. The van der Waals surface area contributed by atoms with Crippen LogP contribution in [-0.4, -0.2) is 126 Å². The number of carbonyl (C=O) groups is 3. The van der Waals surface area contributed by atoms with E-state index in [1.807, 2.05) is 72.8 Å². The molecule has 14 aromatic rings. The molecule has 0 aliphatic carbocycles. The number of halogens is 10. The van der Waals surface area contributed by atoms with Crippen LogP contribution in [0, 0.1) is 11.9 Å². The van der Waals surface area contributed by atoms with E-state index in [2.05, 4.69) is 34.9 Å². The second-order valence-corrected chi connectivity index (χ2v) is 30.2. The molecule has 7 aromatic carbocycles. The molecule has 0 saturated carbocycles. The molecule has 672 valence electrons. The monoisotopic (exact) mass is 1930 g/mol. The molecule has 2 N–H and O–H groups in total. The standard InChI is InChI=1S/C27H23ClFN3O5.C25H19ClFN3O5.C15H14Cl2N2O4.C12H10Cl2N2O2.C11H8Cl2N2O2/c1-2-35-26(33)17-36-22-16-32(15-19-6-10-20(28)11-7-19)24(31-27(22)34)14-18-8-12-21(13-9-18)37-25-5-3-4-23(29)30-25;26-18-8-4-17(5-9-18)13-30-14-20(34-15-24(31)32)25(33)29-22(30)12-16-6-10-19(11-7-16)35-23-3-1-2-21(27)28-23;1-2-22-13(20)9-23-12-8-19(15(17)18-14(12)21)7-10-3-5-11(16)6-4-10;1-18-10-7-16(12(14)15-11(10)17)6-8-2-4-9(13)5-3-8;12-8-3-1-7(2-4-8)5-15-6-9(16)10(17)14-11(15)13/h3-13,16H,2,14-15,17H2,1H3;1-11,14H,12-13,15H2,(H,31,32);3-6,8H,2,7,9H2,1H3;2-5,7H,6H2,1H3;1-4,6,16H,5H2. The van der Waals surface area contributed by atoms with Crippen molar-refractivity contribution in [2.24, 2.45) is 0 Å². The summed E-state index contributed by atoms with van der Waals surface area (Å²) in [6.45, 7) is 4.40. The summed E-state index contributed by atoms with van der Waals surface area (Å²) >= 11 is 47.1. The third-order valence-electron chi connectivity index (χ3n) is 17.4. The van der Waals surface area contributed by atoms with Crippen LogP contribution in [0.5, 0.6) is 52.0 Å². The Bertz CT molecular complexity index is 6530. The lowest BCUT2D eigenvalue weighted by Gasteiger charge is -2.15. The maximum absolute atomic E-state index is 13.3. The van der Waals surface area contributed by atoms with E-state index in [-0.39, 0.29) is 70.4 Å². The number of rotatable bonds is 30. The van der Waals surface area contributed by atoms with Gasteiger partial charge in [0, 0.05) is 82.8 Å². The van der Waals surface area contributed by atoms with Crippen LogP contribution in [0.2, 0.25) is 41.0 Å². The summed E-state index contributed by atoms with van der Waals surface area (Å²) in [4.78, 5) is 120. The maximum atomic E-state index is 13.3. The number of aromatic nitrogens is 12. The van der Waals surface area contributed by atoms with Gasteiger partial charge in [0.05, 0.1) is 51.3 Å². The van der Waals surface area contributed by atoms with E-state index in [1.165, 1.54) is 71.5 Å². The first kappa shape index (κ1) is 98.6.